The van der Waals surface area contributed by atoms with Crippen molar-refractivity contribution in [3.05, 3.63) is 108 Å². The lowest BCUT2D eigenvalue weighted by Crippen LogP contribution is -2.18. The molecule has 0 radical (unpaired) electrons. The Kier molecular flexibility index (Phi) is 5.06. The van der Waals surface area contributed by atoms with Gasteiger partial charge in [0.25, 0.3) is 5.91 Å². The molecule has 0 fully saturated rings. The summed E-state index contributed by atoms with van der Waals surface area (Å²) in [6.45, 7) is 0. The summed E-state index contributed by atoms with van der Waals surface area (Å²) >= 11 is 0. The van der Waals surface area contributed by atoms with Gasteiger partial charge in [-0.05, 0) is 23.8 Å². The van der Waals surface area contributed by atoms with Gasteiger partial charge in [0, 0.05) is 5.56 Å². The highest BCUT2D eigenvalue weighted by Crippen LogP contribution is 2.23. The van der Waals surface area contributed by atoms with Crippen molar-refractivity contribution in [1.82, 2.24) is 15.2 Å². The van der Waals surface area contributed by atoms with Gasteiger partial charge < -0.3 is 0 Å². The van der Waals surface area contributed by atoms with Crippen LogP contribution in [-0.2, 0) is 0 Å². The number of rotatable bonds is 5. The van der Waals surface area contributed by atoms with Crippen LogP contribution < -0.4 is 5.43 Å². The quantitative estimate of drug-likeness (QED) is 0.423. The van der Waals surface area contributed by atoms with E-state index in [9.17, 15) is 4.79 Å². The van der Waals surface area contributed by atoms with Crippen molar-refractivity contribution in [1.29, 1.82) is 0 Å². The monoisotopic (exact) mass is 366 g/mol. The Morgan fingerprint density at radius 1 is 0.857 bits per heavy atom. The fourth-order valence-corrected chi connectivity index (χ4v) is 2.83. The Morgan fingerprint density at radius 3 is 2.14 bits per heavy atom. The summed E-state index contributed by atoms with van der Waals surface area (Å²) < 4.78 is 1.77. The van der Waals surface area contributed by atoms with E-state index in [0.29, 0.717) is 5.69 Å². The molecule has 0 atom stereocenters. The molecule has 5 heteroatoms. The van der Waals surface area contributed by atoms with Crippen LogP contribution in [0.1, 0.15) is 16.1 Å². The van der Waals surface area contributed by atoms with Gasteiger partial charge in [0.05, 0.1) is 17.6 Å². The van der Waals surface area contributed by atoms with E-state index in [-0.39, 0.29) is 5.91 Å². The van der Waals surface area contributed by atoms with Gasteiger partial charge in [-0.25, -0.2) is 10.1 Å². The van der Waals surface area contributed by atoms with Crippen LogP contribution in [0, 0.1) is 0 Å². The highest BCUT2D eigenvalue weighted by Gasteiger charge is 2.16. The van der Waals surface area contributed by atoms with Crippen LogP contribution in [0.5, 0.6) is 0 Å². The number of nitrogens with one attached hydrogen (secondary N) is 1. The van der Waals surface area contributed by atoms with Crippen LogP contribution in [0.2, 0.25) is 0 Å². The molecule has 0 aliphatic rings. The second-order valence-corrected chi connectivity index (χ2v) is 6.14. The molecule has 1 amide bonds. The molecule has 1 N–H and O–H groups in total. The number of carbonyl (C=O) groups is 1. The van der Waals surface area contributed by atoms with E-state index in [0.717, 1.165) is 22.5 Å². The van der Waals surface area contributed by atoms with Crippen LogP contribution in [0.3, 0.4) is 0 Å². The first-order valence-corrected chi connectivity index (χ1v) is 8.90. The first-order chi connectivity index (χ1) is 13.8. The SMILES string of the molecule is O=C(N/N=C/c1ccccc1)c1cc(-c2ccccc2)n(-c2ccccc2)n1. The van der Waals surface area contributed by atoms with Gasteiger partial charge in [0.2, 0.25) is 0 Å². The smallest absolute Gasteiger partial charge is 0.265 e. The molecule has 28 heavy (non-hydrogen) atoms. The Hall–Kier alpha value is -3.99. The number of nitrogens with zero attached hydrogens (tertiary/aromatic N) is 3. The molecule has 0 saturated heterocycles. The van der Waals surface area contributed by atoms with Crippen molar-refractivity contribution in [2.24, 2.45) is 5.10 Å². The van der Waals surface area contributed by atoms with E-state index >= 15 is 0 Å². The summed E-state index contributed by atoms with van der Waals surface area (Å²) in [6, 6.07) is 30.9. The number of hydrogen-bond acceptors (Lipinski definition) is 3. The first-order valence-electron chi connectivity index (χ1n) is 8.90. The second kappa shape index (κ2) is 8.14. The number of hydrogen-bond donors (Lipinski definition) is 1. The highest BCUT2D eigenvalue weighted by atomic mass is 16.2. The molecule has 3 aromatic carbocycles. The molecule has 0 spiro atoms. The summed E-state index contributed by atoms with van der Waals surface area (Å²) in [4.78, 5) is 12.6. The van der Waals surface area contributed by atoms with E-state index in [2.05, 4.69) is 15.6 Å². The molecule has 4 aromatic rings. The minimum atomic E-state index is -0.362. The summed E-state index contributed by atoms with van der Waals surface area (Å²) in [6.07, 6.45) is 1.60. The van der Waals surface area contributed by atoms with Gasteiger partial charge in [-0.2, -0.15) is 10.2 Å². The summed E-state index contributed by atoms with van der Waals surface area (Å²) in [7, 11) is 0. The third-order valence-electron chi connectivity index (χ3n) is 4.19. The largest absolute Gasteiger partial charge is 0.291 e. The van der Waals surface area contributed by atoms with Gasteiger partial charge in [0.15, 0.2) is 5.69 Å². The molecular formula is C23H18N4O. The van der Waals surface area contributed by atoms with Gasteiger partial charge in [0.1, 0.15) is 0 Å². The molecule has 0 saturated carbocycles. The first kappa shape index (κ1) is 17.4. The molecule has 0 unspecified atom stereocenters. The van der Waals surface area contributed by atoms with E-state index in [1.54, 1.807) is 17.0 Å². The van der Waals surface area contributed by atoms with Crippen LogP contribution in [0.25, 0.3) is 16.9 Å². The van der Waals surface area contributed by atoms with E-state index < -0.39 is 0 Å². The van der Waals surface area contributed by atoms with Crippen molar-refractivity contribution in [2.75, 3.05) is 0 Å². The van der Waals surface area contributed by atoms with E-state index in [4.69, 9.17) is 0 Å². The van der Waals surface area contributed by atoms with Crippen molar-refractivity contribution in [2.45, 2.75) is 0 Å². The maximum absolute atomic E-state index is 12.6. The average molecular weight is 366 g/mol. The lowest BCUT2D eigenvalue weighted by molar-refractivity contribution is 0.0949. The maximum atomic E-state index is 12.6. The molecule has 1 heterocycles. The van der Waals surface area contributed by atoms with Crippen molar-refractivity contribution in [3.8, 4) is 16.9 Å². The minimum absolute atomic E-state index is 0.299. The number of aromatic nitrogens is 2. The number of hydrazone groups is 1. The topological polar surface area (TPSA) is 59.3 Å². The van der Waals surface area contributed by atoms with Crippen molar-refractivity contribution >= 4 is 12.1 Å². The zero-order valence-electron chi connectivity index (χ0n) is 15.1. The normalized spacial score (nSPS) is 10.9. The summed E-state index contributed by atoms with van der Waals surface area (Å²) in [5, 5.41) is 8.54. The minimum Gasteiger partial charge on any atom is -0.265 e. The predicted octanol–water partition coefficient (Wildman–Crippen LogP) is 4.30. The van der Waals surface area contributed by atoms with Gasteiger partial charge >= 0.3 is 0 Å². The lowest BCUT2D eigenvalue weighted by Gasteiger charge is -2.07. The average Bonchev–Trinajstić information content (AvgIpc) is 3.21. The van der Waals surface area contributed by atoms with Gasteiger partial charge in [-0.1, -0.05) is 78.9 Å². The molecule has 0 aliphatic carbocycles. The van der Waals surface area contributed by atoms with Gasteiger partial charge in [-0.15, -0.1) is 0 Å². The molecule has 0 aliphatic heterocycles. The van der Waals surface area contributed by atoms with Crippen LogP contribution >= 0.6 is 0 Å². The molecular weight excluding hydrogens is 348 g/mol. The van der Waals surface area contributed by atoms with E-state index in [1.807, 2.05) is 91.0 Å². The summed E-state index contributed by atoms with van der Waals surface area (Å²) in [5.41, 5.74) is 6.45. The third-order valence-corrected chi connectivity index (χ3v) is 4.19. The molecule has 5 nitrogen and oxygen atoms in total. The molecule has 4 rings (SSSR count). The Bertz CT molecular complexity index is 1030. The van der Waals surface area contributed by atoms with E-state index in [1.165, 1.54) is 0 Å². The second-order valence-electron chi connectivity index (χ2n) is 6.14. The Morgan fingerprint density at radius 2 is 1.46 bits per heavy atom. The maximum Gasteiger partial charge on any atom is 0.291 e. The van der Waals surface area contributed by atoms with Crippen LogP contribution in [0.4, 0.5) is 0 Å². The Labute approximate surface area is 163 Å². The predicted molar refractivity (Wildman–Crippen MR) is 111 cm³/mol. The number of para-hydroxylation sites is 1. The molecule has 0 bridgehead atoms. The number of benzene rings is 3. The van der Waals surface area contributed by atoms with Gasteiger partial charge in [-0.3, -0.25) is 4.79 Å². The van der Waals surface area contributed by atoms with Crippen LogP contribution in [0.15, 0.2) is 102 Å². The fraction of sp³-hybridized carbons (Fsp3) is 0. The summed E-state index contributed by atoms with van der Waals surface area (Å²) in [5.74, 6) is -0.362. The zero-order valence-corrected chi connectivity index (χ0v) is 15.1. The number of amides is 1. The zero-order chi connectivity index (χ0) is 19.2. The van der Waals surface area contributed by atoms with Crippen LogP contribution in [-0.4, -0.2) is 21.9 Å². The number of carbonyl (C=O) groups excluding carboxylic acids is 1. The highest BCUT2D eigenvalue weighted by molar-refractivity contribution is 5.94. The van der Waals surface area contributed by atoms with Crippen molar-refractivity contribution in [3.63, 3.8) is 0 Å². The Balaban J connectivity index is 1.63. The fourth-order valence-electron chi connectivity index (χ4n) is 2.83. The standard InChI is InChI=1S/C23H18N4O/c28-23(25-24-17-18-10-4-1-5-11-18)21-16-22(19-12-6-2-7-13-19)27(26-21)20-14-8-3-9-15-20/h1-17H,(H,25,28)/b24-17+. The molecule has 136 valence electrons. The van der Waals surface area contributed by atoms with Crippen molar-refractivity contribution < 1.29 is 4.79 Å². The lowest BCUT2D eigenvalue weighted by atomic mass is 10.1. The molecule has 1 aromatic heterocycles. The third kappa shape index (κ3) is 3.88.